The number of nitrogens with zero attached hydrogens (tertiary/aromatic N) is 4. The number of hydrogen-bond donors (Lipinski definition) is 0. The molecule has 26 heavy (non-hydrogen) atoms. The number of likely N-dealkylation sites (N-methyl/N-ethyl adjacent to an activating group) is 1. The van der Waals surface area contributed by atoms with Crippen LogP contribution >= 0.6 is 11.8 Å². The lowest BCUT2D eigenvalue weighted by Crippen LogP contribution is -2.32. The van der Waals surface area contributed by atoms with Crippen LogP contribution in [0, 0.1) is 5.92 Å². The molecule has 10 heteroatoms. The molecule has 0 bridgehead atoms. The van der Waals surface area contributed by atoms with E-state index in [9.17, 15) is 13.2 Å². The summed E-state index contributed by atoms with van der Waals surface area (Å²) in [5, 5.41) is 4.10. The second-order valence-corrected chi connectivity index (χ2v) is 9.19. The fourth-order valence-electron chi connectivity index (χ4n) is 2.66. The molecule has 1 amide bonds. The number of amides is 1. The Labute approximate surface area is 156 Å². The third-order valence-corrected chi connectivity index (χ3v) is 6.86. The Morgan fingerprint density at radius 1 is 1.27 bits per heavy atom. The number of rotatable bonds is 6. The van der Waals surface area contributed by atoms with E-state index in [1.165, 1.54) is 7.05 Å². The SMILES string of the molecule is CC(C)CC1C(=O)N(CSc2nc(-c3ccccc3)no2)S(=O)(=O)N1C. The molecule has 1 aromatic heterocycles. The van der Waals surface area contributed by atoms with Gasteiger partial charge in [0.25, 0.3) is 11.1 Å². The first-order valence-corrected chi connectivity index (χ1v) is 10.5. The first-order chi connectivity index (χ1) is 12.3. The van der Waals surface area contributed by atoms with Gasteiger partial charge in [-0.25, -0.2) is 4.31 Å². The van der Waals surface area contributed by atoms with Crippen molar-refractivity contribution in [2.45, 2.75) is 31.5 Å². The second-order valence-electron chi connectivity index (χ2n) is 6.38. The predicted molar refractivity (Wildman–Crippen MR) is 97.2 cm³/mol. The number of thioether (sulfide) groups is 1. The molecule has 0 aliphatic carbocycles. The Kier molecular flexibility index (Phi) is 5.35. The van der Waals surface area contributed by atoms with E-state index in [1.807, 2.05) is 44.2 Å². The van der Waals surface area contributed by atoms with Gasteiger partial charge in [-0.1, -0.05) is 49.3 Å². The topological polar surface area (TPSA) is 96.6 Å². The minimum absolute atomic E-state index is 0.101. The maximum Gasteiger partial charge on any atom is 0.307 e. The van der Waals surface area contributed by atoms with E-state index in [2.05, 4.69) is 10.1 Å². The van der Waals surface area contributed by atoms with Gasteiger partial charge in [0.2, 0.25) is 5.82 Å². The van der Waals surface area contributed by atoms with Gasteiger partial charge in [-0.05, 0) is 24.1 Å². The van der Waals surface area contributed by atoms with Crippen LogP contribution in [-0.4, -0.2) is 52.0 Å². The number of benzene rings is 1. The zero-order chi connectivity index (χ0) is 18.9. The van der Waals surface area contributed by atoms with Gasteiger partial charge in [0.05, 0.1) is 5.88 Å². The van der Waals surface area contributed by atoms with Crippen molar-refractivity contribution in [1.29, 1.82) is 0 Å². The van der Waals surface area contributed by atoms with Crippen LogP contribution in [0.2, 0.25) is 0 Å². The van der Waals surface area contributed by atoms with E-state index in [-0.39, 0.29) is 17.0 Å². The number of aromatic nitrogens is 2. The molecule has 2 heterocycles. The van der Waals surface area contributed by atoms with Gasteiger partial charge in [-0.15, -0.1) is 0 Å². The van der Waals surface area contributed by atoms with Crippen molar-refractivity contribution in [3.63, 3.8) is 0 Å². The van der Waals surface area contributed by atoms with Crippen LogP contribution in [0.4, 0.5) is 0 Å². The van der Waals surface area contributed by atoms with Gasteiger partial charge in [-0.3, -0.25) is 4.79 Å². The van der Waals surface area contributed by atoms with Crippen molar-refractivity contribution >= 4 is 27.9 Å². The van der Waals surface area contributed by atoms with Crippen molar-refractivity contribution in [2.75, 3.05) is 12.9 Å². The van der Waals surface area contributed by atoms with Gasteiger partial charge in [0, 0.05) is 12.6 Å². The van der Waals surface area contributed by atoms with E-state index in [4.69, 9.17) is 4.52 Å². The molecule has 1 aliphatic heterocycles. The molecular weight excluding hydrogens is 376 g/mol. The summed E-state index contributed by atoms with van der Waals surface area (Å²) in [7, 11) is -2.38. The second kappa shape index (κ2) is 7.37. The maximum absolute atomic E-state index is 12.5. The Hall–Kier alpha value is -1.91. The van der Waals surface area contributed by atoms with Crippen LogP contribution in [0.5, 0.6) is 0 Å². The molecule has 1 atom stereocenters. The quantitative estimate of drug-likeness (QED) is 0.691. The average molecular weight is 396 g/mol. The van der Waals surface area contributed by atoms with Crippen molar-refractivity contribution in [3.8, 4) is 11.4 Å². The summed E-state index contributed by atoms with van der Waals surface area (Å²) < 4.78 is 32.2. The van der Waals surface area contributed by atoms with Gasteiger partial charge in [0.15, 0.2) is 0 Å². The summed E-state index contributed by atoms with van der Waals surface area (Å²) in [6, 6.07) is 8.63. The smallest absolute Gasteiger partial charge is 0.307 e. The van der Waals surface area contributed by atoms with Crippen molar-refractivity contribution < 1.29 is 17.7 Å². The molecule has 1 aromatic carbocycles. The zero-order valence-corrected chi connectivity index (χ0v) is 16.3. The summed E-state index contributed by atoms with van der Waals surface area (Å²) in [6.45, 7) is 3.91. The van der Waals surface area contributed by atoms with Crippen LogP contribution < -0.4 is 0 Å². The van der Waals surface area contributed by atoms with Crippen molar-refractivity contribution in [1.82, 2.24) is 18.8 Å². The maximum atomic E-state index is 12.5. The Balaban J connectivity index is 1.71. The Morgan fingerprint density at radius 2 is 1.96 bits per heavy atom. The monoisotopic (exact) mass is 396 g/mol. The molecule has 0 radical (unpaired) electrons. The molecule has 0 saturated carbocycles. The normalized spacial score (nSPS) is 20.2. The first kappa shape index (κ1) is 18.9. The minimum Gasteiger partial charge on any atom is -0.327 e. The first-order valence-electron chi connectivity index (χ1n) is 8.12. The molecular formula is C16H20N4O4S2. The predicted octanol–water partition coefficient (Wildman–Crippen LogP) is 2.22. The molecule has 1 unspecified atom stereocenters. The van der Waals surface area contributed by atoms with Gasteiger partial charge < -0.3 is 4.52 Å². The summed E-state index contributed by atoms with van der Waals surface area (Å²) in [5.74, 6) is 0.102. The van der Waals surface area contributed by atoms with E-state index in [1.54, 1.807) is 0 Å². The lowest BCUT2D eigenvalue weighted by atomic mass is 10.0. The van der Waals surface area contributed by atoms with Crippen molar-refractivity contribution in [2.24, 2.45) is 5.92 Å². The van der Waals surface area contributed by atoms with E-state index < -0.39 is 22.2 Å². The molecule has 0 spiro atoms. The molecule has 140 valence electrons. The third kappa shape index (κ3) is 3.62. The summed E-state index contributed by atoms with van der Waals surface area (Å²) in [4.78, 5) is 16.8. The fourth-order valence-corrected chi connectivity index (χ4v) is 5.11. The van der Waals surface area contributed by atoms with E-state index in [0.29, 0.717) is 12.2 Å². The van der Waals surface area contributed by atoms with Crippen LogP contribution in [0.3, 0.4) is 0 Å². The van der Waals surface area contributed by atoms with Crippen LogP contribution in [0.15, 0.2) is 40.1 Å². The van der Waals surface area contributed by atoms with Gasteiger partial charge in [0.1, 0.15) is 6.04 Å². The Morgan fingerprint density at radius 3 is 2.62 bits per heavy atom. The summed E-state index contributed by atoms with van der Waals surface area (Å²) >= 11 is 1.02. The highest BCUT2D eigenvalue weighted by Gasteiger charge is 2.48. The lowest BCUT2D eigenvalue weighted by molar-refractivity contribution is -0.127. The molecule has 2 aromatic rings. The minimum atomic E-state index is -3.82. The zero-order valence-electron chi connectivity index (χ0n) is 14.7. The van der Waals surface area contributed by atoms with E-state index >= 15 is 0 Å². The highest BCUT2D eigenvalue weighted by Crippen LogP contribution is 2.30. The number of hydrogen-bond acceptors (Lipinski definition) is 7. The van der Waals surface area contributed by atoms with Crippen LogP contribution in [0.25, 0.3) is 11.4 Å². The lowest BCUT2D eigenvalue weighted by Gasteiger charge is -2.16. The average Bonchev–Trinajstić information content (AvgIpc) is 3.13. The third-order valence-electron chi connectivity index (χ3n) is 4.05. The van der Waals surface area contributed by atoms with E-state index in [0.717, 1.165) is 25.9 Å². The van der Waals surface area contributed by atoms with Crippen molar-refractivity contribution in [3.05, 3.63) is 30.3 Å². The molecule has 1 saturated heterocycles. The number of carbonyl (C=O) groups is 1. The molecule has 0 N–H and O–H groups in total. The molecule has 1 fully saturated rings. The highest BCUT2D eigenvalue weighted by atomic mass is 32.2. The summed E-state index contributed by atoms with van der Waals surface area (Å²) in [5.41, 5.74) is 0.796. The fraction of sp³-hybridized carbons (Fsp3) is 0.438. The summed E-state index contributed by atoms with van der Waals surface area (Å²) in [6.07, 6.45) is 0.481. The molecule has 3 rings (SSSR count). The molecule has 8 nitrogen and oxygen atoms in total. The van der Waals surface area contributed by atoms with Crippen LogP contribution in [0.1, 0.15) is 20.3 Å². The largest absolute Gasteiger partial charge is 0.327 e. The van der Waals surface area contributed by atoms with Crippen LogP contribution in [-0.2, 0) is 15.0 Å². The van der Waals surface area contributed by atoms with Gasteiger partial charge in [-0.2, -0.15) is 17.7 Å². The van der Waals surface area contributed by atoms with Gasteiger partial charge >= 0.3 is 10.2 Å². The Bertz CT molecular complexity index is 883. The standard InChI is InChI=1S/C16H20N4O4S2/c1-11(2)9-13-15(21)20(26(22,23)19(13)3)10-25-16-17-14(18-24-16)12-7-5-4-6-8-12/h4-8,11,13H,9-10H2,1-3H3. The highest BCUT2D eigenvalue weighted by molar-refractivity contribution is 7.99. The number of carbonyl (C=O) groups excluding carboxylic acids is 1. The molecule has 1 aliphatic rings.